The lowest BCUT2D eigenvalue weighted by Crippen LogP contribution is -2.58. The molecule has 2 rings (SSSR count). The van der Waals surface area contributed by atoms with Crippen molar-refractivity contribution in [3.63, 3.8) is 0 Å². The first-order valence-electron chi connectivity index (χ1n) is 5.79. The lowest BCUT2D eigenvalue weighted by Gasteiger charge is -2.37. The van der Waals surface area contributed by atoms with Gasteiger partial charge in [0.25, 0.3) is 0 Å². The van der Waals surface area contributed by atoms with Crippen LogP contribution >= 0.6 is 0 Å². The number of hydrogen-bond donors (Lipinski definition) is 1. The van der Waals surface area contributed by atoms with Crippen molar-refractivity contribution in [2.75, 3.05) is 19.6 Å². The van der Waals surface area contributed by atoms with Crippen molar-refractivity contribution in [2.45, 2.75) is 24.3 Å². The SMILES string of the molecule is CCCN(C1CNC1)S(=O)(=O)c1cccnc1. The molecule has 0 unspecified atom stereocenters. The molecule has 0 aliphatic carbocycles. The average Bonchev–Trinajstić information content (AvgIpc) is 2.27. The summed E-state index contributed by atoms with van der Waals surface area (Å²) in [6.45, 7) is 4.01. The van der Waals surface area contributed by atoms with Crippen LogP contribution in [-0.2, 0) is 10.0 Å². The molecule has 0 amide bonds. The summed E-state index contributed by atoms with van der Waals surface area (Å²) in [7, 11) is -3.39. The maximum absolute atomic E-state index is 12.4. The number of rotatable bonds is 5. The van der Waals surface area contributed by atoms with E-state index in [1.807, 2.05) is 6.92 Å². The second-order valence-corrected chi connectivity index (χ2v) is 6.01. The first-order valence-corrected chi connectivity index (χ1v) is 7.23. The van der Waals surface area contributed by atoms with E-state index in [1.54, 1.807) is 22.6 Å². The lowest BCUT2D eigenvalue weighted by atomic mass is 10.2. The summed E-state index contributed by atoms with van der Waals surface area (Å²) < 4.78 is 26.4. The molecule has 1 aromatic heterocycles. The van der Waals surface area contributed by atoms with E-state index in [0.29, 0.717) is 6.54 Å². The van der Waals surface area contributed by atoms with E-state index < -0.39 is 10.0 Å². The Hall–Kier alpha value is -0.980. The van der Waals surface area contributed by atoms with E-state index in [4.69, 9.17) is 0 Å². The van der Waals surface area contributed by atoms with Crippen LogP contribution in [0.4, 0.5) is 0 Å². The van der Waals surface area contributed by atoms with Gasteiger partial charge in [0, 0.05) is 32.0 Å². The smallest absolute Gasteiger partial charge is 0.244 e. The quantitative estimate of drug-likeness (QED) is 0.830. The van der Waals surface area contributed by atoms with Gasteiger partial charge in [0.2, 0.25) is 10.0 Å². The standard InChI is InChI=1S/C11H17N3O2S/c1-2-6-14(10-7-13-8-10)17(15,16)11-4-3-5-12-9-11/h3-5,9-10,13H,2,6-8H2,1H3. The summed E-state index contributed by atoms with van der Waals surface area (Å²) >= 11 is 0. The van der Waals surface area contributed by atoms with Crippen molar-refractivity contribution in [1.29, 1.82) is 0 Å². The van der Waals surface area contributed by atoms with Crippen molar-refractivity contribution in [2.24, 2.45) is 0 Å². The fourth-order valence-corrected chi connectivity index (χ4v) is 3.51. The van der Waals surface area contributed by atoms with Gasteiger partial charge in [0.15, 0.2) is 0 Å². The molecule has 0 spiro atoms. The molecule has 94 valence electrons. The number of pyridine rings is 1. The molecule has 1 N–H and O–H groups in total. The van der Waals surface area contributed by atoms with Crippen LogP contribution in [-0.4, -0.2) is 43.4 Å². The van der Waals surface area contributed by atoms with Crippen molar-refractivity contribution in [3.8, 4) is 0 Å². The fraction of sp³-hybridized carbons (Fsp3) is 0.545. The number of nitrogens with zero attached hydrogens (tertiary/aromatic N) is 2. The van der Waals surface area contributed by atoms with Crippen molar-refractivity contribution < 1.29 is 8.42 Å². The van der Waals surface area contributed by atoms with Crippen LogP contribution in [0.2, 0.25) is 0 Å². The highest BCUT2D eigenvalue weighted by molar-refractivity contribution is 7.89. The molecular weight excluding hydrogens is 238 g/mol. The Morgan fingerprint density at radius 3 is 2.76 bits per heavy atom. The van der Waals surface area contributed by atoms with Gasteiger partial charge in [-0.25, -0.2) is 8.42 Å². The van der Waals surface area contributed by atoms with Crippen LogP contribution < -0.4 is 5.32 Å². The average molecular weight is 255 g/mol. The van der Waals surface area contributed by atoms with Crippen molar-refractivity contribution in [1.82, 2.24) is 14.6 Å². The fourth-order valence-electron chi connectivity index (χ4n) is 1.83. The largest absolute Gasteiger partial charge is 0.313 e. The van der Waals surface area contributed by atoms with Crippen LogP contribution in [0, 0.1) is 0 Å². The van der Waals surface area contributed by atoms with Crippen LogP contribution in [0.15, 0.2) is 29.4 Å². The molecule has 1 aromatic rings. The van der Waals surface area contributed by atoms with Crippen molar-refractivity contribution in [3.05, 3.63) is 24.5 Å². The minimum atomic E-state index is -3.39. The highest BCUT2D eigenvalue weighted by Crippen LogP contribution is 2.19. The zero-order valence-corrected chi connectivity index (χ0v) is 10.7. The predicted molar refractivity (Wildman–Crippen MR) is 65.1 cm³/mol. The van der Waals surface area contributed by atoms with Crippen LogP contribution in [0.25, 0.3) is 0 Å². The van der Waals surface area contributed by atoms with Gasteiger partial charge in [0.05, 0.1) is 6.04 Å². The highest BCUT2D eigenvalue weighted by atomic mass is 32.2. The molecule has 1 aliphatic heterocycles. The molecule has 1 saturated heterocycles. The summed E-state index contributed by atoms with van der Waals surface area (Å²) in [5.74, 6) is 0. The molecule has 0 bridgehead atoms. The van der Waals surface area contributed by atoms with Gasteiger partial charge < -0.3 is 5.32 Å². The molecule has 2 heterocycles. The number of hydrogen-bond acceptors (Lipinski definition) is 4. The van der Waals surface area contributed by atoms with E-state index in [2.05, 4.69) is 10.3 Å². The van der Waals surface area contributed by atoms with E-state index >= 15 is 0 Å². The zero-order valence-electron chi connectivity index (χ0n) is 9.83. The van der Waals surface area contributed by atoms with Gasteiger partial charge in [-0.05, 0) is 18.6 Å². The van der Waals surface area contributed by atoms with E-state index in [9.17, 15) is 8.42 Å². The highest BCUT2D eigenvalue weighted by Gasteiger charge is 2.34. The third-order valence-electron chi connectivity index (χ3n) is 2.85. The van der Waals surface area contributed by atoms with Gasteiger partial charge in [0.1, 0.15) is 4.90 Å². The molecule has 0 atom stereocenters. The Kier molecular flexibility index (Phi) is 3.76. The first kappa shape index (κ1) is 12.5. The molecule has 0 saturated carbocycles. The molecule has 17 heavy (non-hydrogen) atoms. The van der Waals surface area contributed by atoms with E-state index in [1.165, 1.54) is 6.20 Å². The molecule has 0 radical (unpaired) electrons. The van der Waals surface area contributed by atoms with E-state index in [-0.39, 0.29) is 10.9 Å². The minimum Gasteiger partial charge on any atom is -0.313 e. The molecule has 6 heteroatoms. The first-order chi connectivity index (χ1) is 8.16. The Balaban J connectivity index is 2.28. The summed E-state index contributed by atoms with van der Waals surface area (Å²) in [6.07, 6.45) is 3.80. The predicted octanol–water partition coefficient (Wildman–Crippen LogP) is 0.454. The number of aromatic nitrogens is 1. The minimum absolute atomic E-state index is 0.0835. The maximum atomic E-state index is 12.4. The molecule has 5 nitrogen and oxygen atoms in total. The maximum Gasteiger partial charge on any atom is 0.244 e. The third-order valence-corrected chi connectivity index (χ3v) is 4.79. The van der Waals surface area contributed by atoms with Gasteiger partial charge >= 0.3 is 0 Å². The summed E-state index contributed by atoms with van der Waals surface area (Å²) in [5, 5.41) is 3.10. The monoisotopic (exact) mass is 255 g/mol. The Bertz CT molecular complexity index is 457. The van der Waals surface area contributed by atoms with Gasteiger partial charge in [-0.15, -0.1) is 0 Å². The molecule has 1 fully saturated rings. The van der Waals surface area contributed by atoms with Gasteiger partial charge in [-0.3, -0.25) is 4.98 Å². The Morgan fingerprint density at radius 1 is 1.53 bits per heavy atom. The summed E-state index contributed by atoms with van der Waals surface area (Å²) in [6, 6.07) is 3.33. The summed E-state index contributed by atoms with van der Waals surface area (Å²) in [4.78, 5) is 4.15. The van der Waals surface area contributed by atoms with Crippen LogP contribution in [0.3, 0.4) is 0 Å². The van der Waals surface area contributed by atoms with Crippen LogP contribution in [0.5, 0.6) is 0 Å². The number of sulfonamides is 1. The van der Waals surface area contributed by atoms with Gasteiger partial charge in [-0.1, -0.05) is 6.92 Å². The van der Waals surface area contributed by atoms with E-state index in [0.717, 1.165) is 19.5 Å². The number of nitrogens with one attached hydrogen (secondary N) is 1. The second-order valence-electron chi connectivity index (χ2n) is 4.12. The normalized spacial score (nSPS) is 17.1. The van der Waals surface area contributed by atoms with Crippen LogP contribution in [0.1, 0.15) is 13.3 Å². The molecular formula is C11H17N3O2S. The topological polar surface area (TPSA) is 62.3 Å². The Morgan fingerprint density at radius 2 is 2.29 bits per heavy atom. The molecule has 1 aliphatic rings. The second kappa shape index (κ2) is 5.12. The van der Waals surface area contributed by atoms with Crippen molar-refractivity contribution >= 4 is 10.0 Å². The molecule has 0 aromatic carbocycles. The third kappa shape index (κ3) is 2.48. The lowest BCUT2D eigenvalue weighted by molar-refractivity contribution is 0.242. The van der Waals surface area contributed by atoms with Gasteiger partial charge in [-0.2, -0.15) is 4.31 Å². The zero-order chi connectivity index (χ0) is 12.3. The Labute approximate surface area is 102 Å². The summed E-state index contributed by atoms with van der Waals surface area (Å²) in [5.41, 5.74) is 0.